The van der Waals surface area contributed by atoms with E-state index in [1.807, 2.05) is 18.2 Å². The predicted octanol–water partition coefficient (Wildman–Crippen LogP) is 2.72. The Kier molecular flexibility index (Phi) is 3.91. The number of thiophene rings is 1. The van der Waals surface area contributed by atoms with Gasteiger partial charge in [0.2, 0.25) is 5.95 Å². The van der Waals surface area contributed by atoms with E-state index in [2.05, 4.69) is 15.3 Å². The number of aromatic nitrogens is 2. The average molecular weight is 265 g/mol. The minimum Gasteiger partial charge on any atom is -0.354 e. The van der Waals surface area contributed by atoms with Crippen molar-refractivity contribution in [3.05, 3.63) is 39.3 Å². The second kappa shape index (κ2) is 5.62. The van der Waals surface area contributed by atoms with Crippen LogP contribution >= 0.6 is 22.9 Å². The van der Waals surface area contributed by atoms with Crippen molar-refractivity contribution in [2.45, 2.75) is 6.42 Å². The molecule has 1 N–H and O–H groups in total. The fourth-order valence-corrected chi connectivity index (χ4v) is 2.38. The van der Waals surface area contributed by atoms with Crippen LogP contribution in [0.3, 0.4) is 0 Å². The molecule has 0 saturated heterocycles. The minimum absolute atomic E-state index is 0.363. The second-order valence-corrected chi connectivity index (χ2v) is 5.06. The molecular weight excluding hydrogens is 256 g/mol. The molecular formula is C11H9ClN4S. The number of nitrogens with one attached hydrogen (secondary N) is 1. The Hall–Kier alpha value is -1.64. The van der Waals surface area contributed by atoms with E-state index in [0.717, 1.165) is 10.8 Å². The van der Waals surface area contributed by atoms with Gasteiger partial charge in [-0.1, -0.05) is 11.6 Å². The molecule has 0 saturated carbocycles. The van der Waals surface area contributed by atoms with E-state index in [9.17, 15) is 0 Å². The highest BCUT2D eigenvalue weighted by Gasteiger charge is 2.00. The van der Waals surface area contributed by atoms with Gasteiger partial charge in [-0.15, -0.1) is 11.3 Å². The second-order valence-electron chi connectivity index (χ2n) is 3.26. The molecule has 4 nitrogen and oxygen atoms in total. The van der Waals surface area contributed by atoms with Gasteiger partial charge in [0.15, 0.2) is 0 Å². The summed E-state index contributed by atoms with van der Waals surface area (Å²) in [6, 6.07) is 7.43. The molecule has 0 unspecified atom stereocenters. The van der Waals surface area contributed by atoms with Crippen molar-refractivity contribution in [1.82, 2.24) is 9.97 Å². The van der Waals surface area contributed by atoms with Gasteiger partial charge in [-0.25, -0.2) is 9.97 Å². The zero-order valence-electron chi connectivity index (χ0n) is 8.85. The smallest absolute Gasteiger partial charge is 0.223 e. The van der Waals surface area contributed by atoms with Crippen molar-refractivity contribution in [3.8, 4) is 6.07 Å². The van der Waals surface area contributed by atoms with Gasteiger partial charge in [0.25, 0.3) is 0 Å². The molecule has 0 aliphatic heterocycles. The fraction of sp³-hybridized carbons (Fsp3) is 0.182. The maximum Gasteiger partial charge on any atom is 0.223 e. The molecule has 0 amide bonds. The molecule has 86 valence electrons. The van der Waals surface area contributed by atoms with Crippen LogP contribution in [0.15, 0.2) is 24.4 Å². The average Bonchev–Trinajstić information content (AvgIpc) is 2.75. The van der Waals surface area contributed by atoms with Gasteiger partial charge >= 0.3 is 0 Å². The van der Waals surface area contributed by atoms with Crippen molar-refractivity contribution in [1.29, 1.82) is 5.26 Å². The highest BCUT2D eigenvalue weighted by molar-refractivity contribution is 7.16. The standard InChI is InChI=1S/C11H9ClN4S/c12-10-2-1-9(17-10)4-6-15-11-14-5-3-8(7-13)16-11/h1-3,5H,4,6H2,(H,14,15,16). The van der Waals surface area contributed by atoms with Crippen LogP contribution in [0.25, 0.3) is 0 Å². The van der Waals surface area contributed by atoms with E-state index in [-0.39, 0.29) is 0 Å². The molecule has 17 heavy (non-hydrogen) atoms. The van der Waals surface area contributed by atoms with Gasteiger partial charge in [0, 0.05) is 17.6 Å². The summed E-state index contributed by atoms with van der Waals surface area (Å²) >= 11 is 7.40. The first-order valence-electron chi connectivity index (χ1n) is 4.99. The number of hydrogen-bond acceptors (Lipinski definition) is 5. The third-order valence-corrected chi connectivity index (χ3v) is 3.34. The summed E-state index contributed by atoms with van der Waals surface area (Å²) in [4.78, 5) is 9.26. The lowest BCUT2D eigenvalue weighted by Gasteiger charge is -2.02. The number of nitriles is 1. The zero-order chi connectivity index (χ0) is 12.1. The summed E-state index contributed by atoms with van der Waals surface area (Å²) in [6.07, 6.45) is 2.42. The Morgan fingerprint density at radius 1 is 1.41 bits per heavy atom. The van der Waals surface area contributed by atoms with Crippen LogP contribution in [0.2, 0.25) is 4.34 Å². The van der Waals surface area contributed by atoms with Crippen LogP contribution in [-0.4, -0.2) is 16.5 Å². The van der Waals surface area contributed by atoms with Crippen molar-refractivity contribution in [3.63, 3.8) is 0 Å². The Balaban J connectivity index is 1.88. The highest BCUT2D eigenvalue weighted by Crippen LogP contribution is 2.21. The number of hydrogen-bond donors (Lipinski definition) is 1. The zero-order valence-corrected chi connectivity index (χ0v) is 10.4. The highest BCUT2D eigenvalue weighted by atomic mass is 35.5. The third kappa shape index (κ3) is 3.41. The summed E-state index contributed by atoms with van der Waals surface area (Å²) in [6.45, 7) is 0.714. The topological polar surface area (TPSA) is 61.6 Å². The quantitative estimate of drug-likeness (QED) is 0.922. The van der Waals surface area contributed by atoms with Gasteiger partial charge in [0.05, 0.1) is 4.34 Å². The SMILES string of the molecule is N#Cc1ccnc(NCCc2ccc(Cl)s2)n1. The monoisotopic (exact) mass is 264 g/mol. The third-order valence-electron chi connectivity index (χ3n) is 2.05. The Bertz CT molecular complexity index is 546. The van der Waals surface area contributed by atoms with E-state index in [4.69, 9.17) is 16.9 Å². The molecule has 0 atom stereocenters. The molecule has 2 rings (SSSR count). The molecule has 2 heterocycles. The Labute approximate surface area is 108 Å². The van der Waals surface area contributed by atoms with Crippen LogP contribution in [0, 0.1) is 11.3 Å². The fourth-order valence-electron chi connectivity index (χ4n) is 1.29. The van der Waals surface area contributed by atoms with Crippen LogP contribution in [0.1, 0.15) is 10.6 Å². The van der Waals surface area contributed by atoms with Crippen molar-refractivity contribution in [2.24, 2.45) is 0 Å². The molecule has 0 aliphatic carbocycles. The maximum atomic E-state index is 8.69. The largest absolute Gasteiger partial charge is 0.354 e. The normalized spacial score (nSPS) is 9.88. The van der Waals surface area contributed by atoms with Gasteiger partial charge in [0.1, 0.15) is 11.8 Å². The Morgan fingerprint density at radius 2 is 2.29 bits per heavy atom. The number of halogens is 1. The Morgan fingerprint density at radius 3 is 3.00 bits per heavy atom. The molecule has 6 heteroatoms. The summed E-state index contributed by atoms with van der Waals surface area (Å²) < 4.78 is 0.794. The van der Waals surface area contributed by atoms with Crippen molar-refractivity contribution in [2.75, 3.05) is 11.9 Å². The first-order valence-corrected chi connectivity index (χ1v) is 6.18. The van der Waals surface area contributed by atoms with Crippen LogP contribution in [0.5, 0.6) is 0 Å². The van der Waals surface area contributed by atoms with Gasteiger partial charge in [-0.05, 0) is 24.6 Å². The van der Waals surface area contributed by atoms with Crippen molar-refractivity contribution < 1.29 is 0 Å². The van der Waals surface area contributed by atoms with Crippen LogP contribution in [0.4, 0.5) is 5.95 Å². The summed E-state index contributed by atoms with van der Waals surface area (Å²) in [5.74, 6) is 0.478. The molecule has 0 fully saturated rings. The number of nitrogens with zero attached hydrogens (tertiary/aromatic N) is 3. The van der Waals surface area contributed by atoms with Crippen LogP contribution < -0.4 is 5.32 Å². The molecule has 0 aromatic carbocycles. The maximum absolute atomic E-state index is 8.69. The number of rotatable bonds is 4. The summed E-state index contributed by atoms with van der Waals surface area (Å²) in [7, 11) is 0. The van der Waals surface area contributed by atoms with E-state index >= 15 is 0 Å². The van der Waals surface area contributed by atoms with Gasteiger partial charge in [-0.3, -0.25) is 0 Å². The molecule has 2 aromatic heterocycles. The van der Waals surface area contributed by atoms with E-state index in [1.165, 1.54) is 4.88 Å². The first kappa shape index (κ1) is 11.8. The molecule has 2 aromatic rings. The van der Waals surface area contributed by atoms with E-state index in [1.54, 1.807) is 23.6 Å². The van der Waals surface area contributed by atoms with Gasteiger partial charge in [-0.2, -0.15) is 5.26 Å². The molecule has 0 radical (unpaired) electrons. The lowest BCUT2D eigenvalue weighted by molar-refractivity contribution is 0.996. The summed E-state index contributed by atoms with van der Waals surface area (Å²) in [5.41, 5.74) is 0.363. The van der Waals surface area contributed by atoms with Gasteiger partial charge < -0.3 is 5.32 Å². The number of anilines is 1. The predicted molar refractivity (Wildman–Crippen MR) is 68.3 cm³/mol. The lowest BCUT2D eigenvalue weighted by Crippen LogP contribution is -2.07. The molecule has 0 spiro atoms. The molecule has 0 bridgehead atoms. The van der Waals surface area contributed by atoms with Crippen molar-refractivity contribution >= 4 is 28.9 Å². The van der Waals surface area contributed by atoms with Crippen LogP contribution in [-0.2, 0) is 6.42 Å². The molecule has 0 aliphatic rings. The first-order chi connectivity index (χ1) is 8.28. The van der Waals surface area contributed by atoms with E-state index < -0.39 is 0 Å². The van der Waals surface area contributed by atoms with E-state index in [0.29, 0.717) is 18.2 Å². The minimum atomic E-state index is 0.363. The summed E-state index contributed by atoms with van der Waals surface area (Å²) in [5, 5.41) is 11.8. The lowest BCUT2D eigenvalue weighted by atomic mass is 10.3.